The van der Waals surface area contributed by atoms with Crippen LogP contribution >= 0.6 is 0 Å². The number of hydrogen-bond acceptors (Lipinski definition) is 3. The number of nitrogens with zero attached hydrogens (tertiary/aromatic N) is 2. The molecule has 1 aromatic carbocycles. The van der Waals surface area contributed by atoms with Crippen LogP contribution in [-0.2, 0) is 16.0 Å². The third kappa shape index (κ3) is 3.84. The zero-order chi connectivity index (χ0) is 18.8. The normalized spacial score (nSPS) is 23.3. The lowest BCUT2D eigenvalue weighted by Gasteiger charge is -2.36. The van der Waals surface area contributed by atoms with E-state index < -0.39 is 6.04 Å². The average molecular weight is 369 g/mol. The molecule has 1 aromatic rings. The molecule has 3 aliphatic rings. The highest BCUT2D eigenvalue weighted by Gasteiger charge is 2.33. The maximum Gasteiger partial charge on any atom is 0.252 e. The van der Waals surface area contributed by atoms with Gasteiger partial charge >= 0.3 is 0 Å². The Hall–Kier alpha value is -2.37. The number of carbonyl (C=O) groups is 3. The van der Waals surface area contributed by atoms with Crippen molar-refractivity contribution < 1.29 is 14.4 Å². The fourth-order valence-corrected chi connectivity index (χ4v) is 4.52. The van der Waals surface area contributed by atoms with Gasteiger partial charge in [-0.1, -0.05) is 18.2 Å². The third-order valence-corrected chi connectivity index (χ3v) is 6.19. The number of carbonyl (C=O) groups excluding carboxylic acids is 3. The second kappa shape index (κ2) is 7.71. The van der Waals surface area contributed by atoms with Crippen molar-refractivity contribution in [3.05, 3.63) is 35.4 Å². The second-order valence-electron chi connectivity index (χ2n) is 7.93. The van der Waals surface area contributed by atoms with E-state index in [0.29, 0.717) is 24.3 Å². The Labute approximate surface area is 159 Å². The van der Waals surface area contributed by atoms with Gasteiger partial charge in [0.05, 0.1) is 0 Å². The minimum Gasteiger partial charge on any atom is -0.343 e. The van der Waals surface area contributed by atoms with Crippen LogP contribution in [-0.4, -0.2) is 59.7 Å². The topological polar surface area (TPSA) is 69.7 Å². The van der Waals surface area contributed by atoms with Crippen molar-refractivity contribution in [3.63, 3.8) is 0 Å². The molecule has 4 rings (SSSR count). The van der Waals surface area contributed by atoms with E-state index in [-0.39, 0.29) is 17.7 Å². The fourth-order valence-electron chi connectivity index (χ4n) is 4.52. The van der Waals surface area contributed by atoms with Crippen molar-refractivity contribution >= 4 is 17.7 Å². The first-order valence-electron chi connectivity index (χ1n) is 10.1. The van der Waals surface area contributed by atoms with Crippen LogP contribution in [0.15, 0.2) is 24.3 Å². The number of fused-ring (bicyclic) bond motifs is 1. The molecule has 1 N–H and O–H groups in total. The van der Waals surface area contributed by atoms with Gasteiger partial charge in [0.25, 0.3) is 5.91 Å². The Kier molecular flexibility index (Phi) is 5.14. The number of piperidine rings is 1. The van der Waals surface area contributed by atoms with E-state index in [1.807, 2.05) is 34.1 Å². The number of likely N-dealkylation sites (tertiary alicyclic amines) is 2. The average Bonchev–Trinajstić information content (AvgIpc) is 3.11. The minimum absolute atomic E-state index is 0.0334. The van der Waals surface area contributed by atoms with E-state index in [1.165, 1.54) is 0 Å². The summed E-state index contributed by atoms with van der Waals surface area (Å²) < 4.78 is 0. The maximum atomic E-state index is 12.9. The first kappa shape index (κ1) is 18.0. The molecule has 0 radical (unpaired) electrons. The van der Waals surface area contributed by atoms with Crippen LogP contribution in [0.25, 0.3) is 0 Å². The lowest BCUT2D eigenvalue weighted by Crippen LogP contribution is -2.53. The molecular weight excluding hydrogens is 342 g/mol. The monoisotopic (exact) mass is 369 g/mol. The highest BCUT2D eigenvalue weighted by Crippen LogP contribution is 2.24. The van der Waals surface area contributed by atoms with Crippen LogP contribution in [0.4, 0.5) is 0 Å². The Balaban J connectivity index is 1.28. The van der Waals surface area contributed by atoms with Gasteiger partial charge in [0, 0.05) is 44.6 Å². The Bertz CT molecular complexity index is 740. The molecule has 2 fully saturated rings. The summed E-state index contributed by atoms with van der Waals surface area (Å²) in [5.74, 6) is 0.742. The number of benzene rings is 1. The number of rotatable bonds is 4. The van der Waals surface area contributed by atoms with E-state index >= 15 is 0 Å². The molecule has 144 valence electrons. The molecule has 2 saturated heterocycles. The predicted octanol–water partition coefficient (Wildman–Crippen LogP) is 1.59. The summed E-state index contributed by atoms with van der Waals surface area (Å²) in [5, 5.41) is 2.87. The van der Waals surface area contributed by atoms with Gasteiger partial charge in [-0.3, -0.25) is 14.4 Å². The number of nitrogens with one attached hydrogen (secondary N) is 1. The van der Waals surface area contributed by atoms with Crippen molar-refractivity contribution in [3.8, 4) is 0 Å². The first-order chi connectivity index (χ1) is 13.1. The van der Waals surface area contributed by atoms with Crippen LogP contribution in [0.2, 0.25) is 0 Å². The van der Waals surface area contributed by atoms with Crippen LogP contribution in [0.1, 0.15) is 48.0 Å². The molecule has 0 spiro atoms. The number of amides is 3. The third-order valence-electron chi connectivity index (χ3n) is 6.19. The van der Waals surface area contributed by atoms with E-state index in [2.05, 4.69) is 5.32 Å². The van der Waals surface area contributed by atoms with Crippen molar-refractivity contribution in [2.75, 3.05) is 26.2 Å². The summed E-state index contributed by atoms with van der Waals surface area (Å²) in [6.45, 7) is 3.24. The highest BCUT2D eigenvalue weighted by molar-refractivity contribution is 6.00. The maximum absolute atomic E-state index is 12.9. The standard InChI is InChI=1S/C21H27N3O3/c25-19-6-3-10-23(19)11-7-15-8-12-24(13-9-15)21(27)18-14-16-4-1-2-5-17(16)20(26)22-18/h1-2,4-5,15,18H,3,6-14H2,(H,22,26). The summed E-state index contributed by atoms with van der Waals surface area (Å²) >= 11 is 0. The Morgan fingerprint density at radius 2 is 1.89 bits per heavy atom. The fraction of sp³-hybridized carbons (Fsp3) is 0.571. The van der Waals surface area contributed by atoms with Gasteiger partial charge in [0.15, 0.2) is 0 Å². The summed E-state index contributed by atoms with van der Waals surface area (Å²) in [5.41, 5.74) is 1.63. The first-order valence-corrected chi connectivity index (χ1v) is 10.1. The molecule has 3 aliphatic heterocycles. The van der Waals surface area contributed by atoms with Gasteiger partial charge in [-0.05, 0) is 43.2 Å². The summed E-state index contributed by atoms with van der Waals surface area (Å²) in [4.78, 5) is 40.7. The molecule has 3 amide bonds. The van der Waals surface area contributed by atoms with Gasteiger partial charge in [-0.2, -0.15) is 0 Å². The molecule has 27 heavy (non-hydrogen) atoms. The predicted molar refractivity (Wildman–Crippen MR) is 101 cm³/mol. The SMILES string of the molecule is O=C1NC(C(=O)N2CCC(CCN3CCCC3=O)CC2)Cc2ccccc21. The molecular formula is C21H27N3O3. The van der Waals surface area contributed by atoms with Crippen molar-refractivity contribution in [1.29, 1.82) is 0 Å². The van der Waals surface area contributed by atoms with Crippen LogP contribution in [0.5, 0.6) is 0 Å². The largest absolute Gasteiger partial charge is 0.343 e. The van der Waals surface area contributed by atoms with Gasteiger partial charge in [-0.25, -0.2) is 0 Å². The van der Waals surface area contributed by atoms with Gasteiger partial charge in [0.2, 0.25) is 11.8 Å². The molecule has 0 saturated carbocycles. The van der Waals surface area contributed by atoms with E-state index in [9.17, 15) is 14.4 Å². The van der Waals surface area contributed by atoms with Gasteiger partial charge in [0.1, 0.15) is 6.04 Å². The van der Waals surface area contributed by atoms with Crippen LogP contribution < -0.4 is 5.32 Å². The quantitative estimate of drug-likeness (QED) is 0.876. The summed E-state index contributed by atoms with van der Waals surface area (Å²) in [7, 11) is 0. The summed E-state index contributed by atoms with van der Waals surface area (Å²) in [6, 6.07) is 7.05. The second-order valence-corrected chi connectivity index (χ2v) is 7.93. The number of hydrogen-bond donors (Lipinski definition) is 1. The van der Waals surface area contributed by atoms with Crippen LogP contribution in [0, 0.1) is 5.92 Å². The molecule has 1 atom stereocenters. The molecule has 3 heterocycles. The highest BCUT2D eigenvalue weighted by atomic mass is 16.2. The van der Waals surface area contributed by atoms with Gasteiger partial charge in [-0.15, -0.1) is 0 Å². The Morgan fingerprint density at radius 3 is 2.63 bits per heavy atom. The smallest absolute Gasteiger partial charge is 0.252 e. The lowest BCUT2D eigenvalue weighted by atomic mass is 9.91. The Morgan fingerprint density at radius 1 is 1.11 bits per heavy atom. The van der Waals surface area contributed by atoms with Crippen LogP contribution in [0.3, 0.4) is 0 Å². The minimum atomic E-state index is -0.453. The molecule has 0 aromatic heterocycles. The van der Waals surface area contributed by atoms with E-state index in [4.69, 9.17) is 0 Å². The van der Waals surface area contributed by atoms with Crippen molar-refractivity contribution in [2.24, 2.45) is 5.92 Å². The molecule has 0 aliphatic carbocycles. The summed E-state index contributed by atoms with van der Waals surface area (Å²) in [6.07, 6.45) is 5.24. The lowest BCUT2D eigenvalue weighted by molar-refractivity contribution is -0.134. The van der Waals surface area contributed by atoms with E-state index in [1.54, 1.807) is 0 Å². The molecule has 6 heteroatoms. The van der Waals surface area contributed by atoms with E-state index in [0.717, 1.165) is 57.4 Å². The zero-order valence-electron chi connectivity index (χ0n) is 15.7. The zero-order valence-corrected chi connectivity index (χ0v) is 15.7. The molecule has 1 unspecified atom stereocenters. The van der Waals surface area contributed by atoms with Crippen molar-refractivity contribution in [2.45, 2.75) is 44.6 Å². The molecule has 0 bridgehead atoms. The molecule has 6 nitrogen and oxygen atoms in total. The van der Waals surface area contributed by atoms with Gasteiger partial charge < -0.3 is 15.1 Å². The van der Waals surface area contributed by atoms with Crippen molar-refractivity contribution in [1.82, 2.24) is 15.1 Å².